The second-order valence-electron chi connectivity index (χ2n) is 5.64. The van der Waals surface area contributed by atoms with Gasteiger partial charge in [-0.3, -0.25) is 4.79 Å². The highest BCUT2D eigenvalue weighted by Gasteiger charge is 2.40. The smallest absolute Gasteiger partial charge is 0.399 e. The van der Waals surface area contributed by atoms with E-state index in [2.05, 4.69) is 0 Å². The molecule has 0 aliphatic heterocycles. The number of nitrogens with zero attached hydrogens (tertiary/aromatic N) is 1. The van der Waals surface area contributed by atoms with E-state index in [1.807, 2.05) is 0 Å². The van der Waals surface area contributed by atoms with E-state index in [4.69, 9.17) is 5.73 Å². The van der Waals surface area contributed by atoms with Gasteiger partial charge in [-0.2, -0.15) is 13.2 Å². The zero-order valence-electron chi connectivity index (χ0n) is 11.9. The molecule has 2 N–H and O–H groups in total. The predicted molar refractivity (Wildman–Crippen MR) is 74.5 cm³/mol. The Morgan fingerprint density at radius 3 is 2.62 bits per heavy atom. The molecule has 1 aliphatic carbocycles. The lowest BCUT2D eigenvalue weighted by Crippen LogP contribution is -2.46. The minimum atomic E-state index is -4.38. The molecule has 1 fully saturated rings. The predicted octanol–water partition coefficient (Wildman–Crippen LogP) is 3.00. The normalized spacial score (nSPS) is 16.6. The molecule has 0 aromatic heterocycles. The summed E-state index contributed by atoms with van der Waals surface area (Å²) in [6, 6.07) is 6.30. The Labute approximate surface area is 121 Å². The van der Waals surface area contributed by atoms with Crippen LogP contribution in [0.3, 0.4) is 0 Å². The summed E-state index contributed by atoms with van der Waals surface area (Å²) < 4.78 is 38.1. The van der Waals surface area contributed by atoms with E-state index in [1.165, 1.54) is 0 Å². The molecule has 1 atom stereocenters. The van der Waals surface area contributed by atoms with Gasteiger partial charge in [0.1, 0.15) is 6.54 Å². The number of hydrogen-bond acceptors (Lipinski definition) is 2. The Morgan fingerprint density at radius 1 is 1.43 bits per heavy atom. The van der Waals surface area contributed by atoms with E-state index in [-0.39, 0.29) is 18.4 Å². The van der Waals surface area contributed by atoms with Crippen LogP contribution >= 0.6 is 0 Å². The average molecular weight is 300 g/mol. The van der Waals surface area contributed by atoms with Crippen LogP contribution < -0.4 is 5.73 Å². The summed E-state index contributed by atoms with van der Waals surface area (Å²) in [6.45, 7) is 0.506. The van der Waals surface area contributed by atoms with Crippen molar-refractivity contribution in [1.29, 1.82) is 0 Å². The first-order chi connectivity index (χ1) is 9.76. The first-order valence-corrected chi connectivity index (χ1v) is 6.97. The lowest BCUT2D eigenvalue weighted by molar-refractivity contribution is -0.165. The highest BCUT2D eigenvalue weighted by molar-refractivity contribution is 5.79. The van der Waals surface area contributed by atoms with Crippen LogP contribution in [0.5, 0.6) is 0 Å². The van der Waals surface area contributed by atoms with Crippen LogP contribution in [0.4, 0.5) is 18.9 Å². The van der Waals surface area contributed by atoms with Crippen molar-refractivity contribution < 1.29 is 18.0 Å². The maximum Gasteiger partial charge on any atom is 0.406 e. The van der Waals surface area contributed by atoms with Crippen LogP contribution in [-0.4, -0.2) is 29.6 Å². The lowest BCUT2D eigenvalue weighted by atomic mass is 10.1. The number of hydrogen-bond donors (Lipinski definition) is 1. The fraction of sp³-hybridized carbons (Fsp3) is 0.533. The third-order valence-electron chi connectivity index (χ3n) is 3.77. The first-order valence-electron chi connectivity index (χ1n) is 6.97. The van der Waals surface area contributed by atoms with E-state index in [0.717, 1.165) is 17.7 Å². The molecule has 116 valence electrons. The monoisotopic (exact) mass is 300 g/mol. The number of anilines is 1. The summed E-state index contributed by atoms with van der Waals surface area (Å²) in [5.41, 5.74) is 6.76. The fourth-order valence-corrected chi connectivity index (χ4v) is 2.46. The van der Waals surface area contributed by atoms with Gasteiger partial charge >= 0.3 is 6.18 Å². The van der Waals surface area contributed by atoms with Crippen LogP contribution in [0.15, 0.2) is 24.3 Å². The number of amides is 1. The highest BCUT2D eigenvalue weighted by Crippen LogP contribution is 2.36. The molecule has 1 aromatic carbocycles. The maximum absolute atomic E-state index is 12.7. The third kappa shape index (κ3) is 4.65. The Hall–Kier alpha value is -1.72. The molecule has 1 aliphatic rings. The van der Waals surface area contributed by atoms with Gasteiger partial charge in [0.05, 0.1) is 6.42 Å². The van der Waals surface area contributed by atoms with Crippen molar-refractivity contribution in [3.63, 3.8) is 0 Å². The Kier molecular flexibility index (Phi) is 4.44. The zero-order valence-corrected chi connectivity index (χ0v) is 11.9. The molecule has 6 heteroatoms. The van der Waals surface area contributed by atoms with Gasteiger partial charge in [-0.05, 0) is 43.4 Å². The van der Waals surface area contributed by atoms with Crippen LogP contribution in [0.2, 0.25) is 0 Å². The quantitative estimate of drug-likeness (QED) is 0.850. The summed E-state index contributed by atoms with van der Waals surface area (Å²) in [4.78, 5) is 13.2. The number of halogens is 3. The van der Waals surface area contributed by atoms with Crippen molar-refractivity contribution in [2.45, 2.75) is 38.4 Å². The van der Waals surface area contributed by atoms with E-state index < -0.39 is 18.6 Å². The standard InChI is InChI=1S/C15H19F3N2O/c1-10(12-5-6-12)20(9-15(16,17)18)14(21)8-11-3-2-4-13(19)7-11/h2-4,7,10,12H,5-6,8-9,19H2,1H3. The second-order valence-corrected chi connectivity index (χ2v) is 5.64. The number of nitrogen functional groups attached to an aromatic ring is 1. The molecule has 0 radical (unpaired) electrons. The van der Waals surface area contributed by atoms with Crippen LogP contribution in [0, 0.1) is 5.92 Å². The van der Waals surface area contributed by atoms with Crippen molar-refractivity contribution in [2.24, 2.45) is 5.92 Å². The van der Waals surface area contributed by atoms with E-state index >= 15 is 0 Å². The minimum Gasteiger partial charge on any atom is -0.399 e. The lowest BCUT2D eigenvalue weighted by Gasteiger charge is -2.30. The van der Waals surface area contributed by atoms with Gasteiger partial charge in [0.25, 0.3) is 0 Å². The van der Waals surface area contributed by atoms with Gasteiger partial charge < -0.3 is 10.6 Å². The van der Waals surface area contributed by atoms with Gasteiger partial charge in [-0.15, -0.1) is 0 Å². The zero-order chi connectivity index (χ0) is 15.6. The summed E-state index contributed by atoms with van der Waals surface area (Å²) in [5.74, 6) is -0.311. The first kappa shape index (κ1) is 15.7. The molecule has 1 aromatic rings. The van der Waals surface area contributed by atoms with Crippen molar-refractivity contribution in [3.05, 3.63) is 29.8 Å². The fourth-order valence-electron chi connectivity index (χ4n) is 2.46. The number of carbonyl (C=O) groups is 1. The summed E-state index contributed by atoms with van der Waals surface area (Å²) in [6.07, 6.45) is -2.66. The van der Waals surface area contributed by atoms with E-state index in [9.17, 15) is 18.0 Å². The van der Waals surface area contributed by atoms with Gasteiger partial charge in [0.2, 0.25) is 5.91 Å². The van der Waals surface area contributed by atoms with Crippen LogP contribution in [0.25, 0.3) is 0 Å². The number of carbonyl (C=O) groups excluding carboxylic acids is 1. The van der Waals surface area contributed by atoms with Crippen molar-refractivity contribution in [1.82, 2.24) is 4.90 Å². The molecule has 2 rings (SSSR count). The van der Waals surface area contributed by atoms with Crippen LogP contribution in [-0.2, 0) is 11.2 Å². The number of rotatable bonds is 5. The number of benzene rings is 1. The summed E-state index contributed by atoms with van der Waals surface area (Å²) >= 11 is 0. The van der Waals surface area contributed by atoms with Crippen molar-refractivity contribution in [3.8, 4) is 0 Å². The third-order valence-corrected chi connectivity index (χ3v) is 3.77. The molecule has 1 unspecified atom stereocenters. The number of alkyl halides is 3. The van der Waals surface area contributed by atoms with E-state index in [0.29, 0.717) is 11.3 Å². The molecule has 0 spiro atoms. The summed E-state index contributed by atoms with van der Waals surface area (Å²) in [7, 11) is 0. The average Bonchev–Trinajstić information content (AvgIpc) is 3.18. The largest absolute Gasteiger partial charge is 0.406 e. The molecular formula is C15H19F3N2O. The van der Waals surface area contributed by atoms with Crippen molar-refractivity contribution in [2.75, 3.05) is 12.3 Å². The Bertz CT molecular complexity index is 512. The van der Waals surface area contributed by atoms with Crippen LogP contribution in [0.1, 0.15) is 25.3 Å². The van der Waals surface area contributed by atoms with Gasteiger partial charge in [0, 0.05) is 11.7 Å². The Balaban J connectivity index is 2.09. The molecule has 3 nitrogen and oxygen atoms in total. The molecule has 1 saturated carbocycles. The Morgan fingerprint density at radius 2 is 2.10 bits per heavy atom. The van der Waals surface area contributed by atoms with Gasteiger partial charge in [0.15, 0.2) is 0 Å². The van der Waals surface area contributed by atoms with Gasteiger partial charge in [-0.1, -0.05) is 12.1 Å². The molecule has 0 saturated heterocycles. The highest BCUT2D eigenvalue weighted by atomic mass is 19.4. The van der Waals surface area contributed by atoms with E-state index in [1.54, 1.807) is 31.2 Å². The molecule has 1 amide bonds. The molecule has 21 heavy (non-hydrogen) atoms. The molecular weight excluding hydrogens is 281 g/mol. The molecule has 0 bridgehead atoms. The number of nitrogens with two attached hydrogens (primary N) is 1. The second kappa shape index (κ2) is 5.95. The molecule has 0 heterocycles. The summed E-state index contributed by atoms with van der Waals surface area (Å²) in [5, 5.41) is 0. The maximum atomic E-state index is 12.7. The topological polar surface area (TPSA) is 46.3 Å². The van der Waals surface area contributed by atoms with Crippen molar-refractivity contribution >= 4 is 11.6 Å². The minimum absolute atomic E-state index is 0.0574. The van der Waals surface area contributed by atoms with Gasteiger partial charge in [-0.25, -0.2) is 0 Å². The SMILES string of the molecule is CC(C1CC1)N(CC(F)(F)F)C(=O)Cc1cccc(N)c1.